The molecule has 1 aliphatic rings. The van der Waals surface area contributed by atoms with E-state index in [2.05, 4.69) is 22.6 Å². The first kappa shape index (κ1) is 42.1. The van der Waals surface area contributed by atoms with Crippen molar-refractivity contribution in [2.45, 2.75) is 82.9 Å². The molecule has 0 radical (unpaired) electrons. The van der Waals surface area contributed by atoms with Crippen LogP contribution in [-0.2, 0) is 49.9 Å². The molecule has 1 N–H and O–H groups in total. The lowest BCUT2D eigenvalue weighted by molar-refractivity contribution is -0.274. The van der Waals surface area contributed by atoms with Crippen LogP contribution < -0.4 is 4.74 Å². The summed E-state index contributed by atoms with van der Waals surface area (Å²) in [5.74, 6) is 0.833. The number of halogens is 2. The van der Waals surface area contributed by atoms with Gasteiger partial charge in [-0.1, -0.05) is 144 Å². The molecule has 0 aliphatic carbocycles. The standard InChI is InChI=1S/C47H52ClIO7/c1-2-52-39-23-21-34(22-24-39)27-38-28-40(42(50)29-41(38)48)44-46(54-31-36-17-9-4-10-18-36)47(55-32-37-19-11-5-12-20-37)45(53-30-35-15-7-3-8-16-35)43(56-44)33-51-26-14-6-13-25-49/h3-5,7-12,15-24,28-29,43-47,50H,2,6,13-14,25-27,30-33H2,1H3/t43-,44+,45-,46+,47+/m1/s1. The van der Waals surface area contributed by atoms with Gasteiger partial charge in [-0.15, -0.1) is 0 Å². The van der Waals surface area contributed by atoms with Gasteiger partial charge in [0.05, 0.1) is 33.0 Å². The van der Waals surface area contributed by atoms with E-state index in [1.807, 2.05) is 128 Å². The molecular formula is C47H52ClIO7. The van der Waals surface area contributed by atoms with Gasteiger partial charge in [0.25, 0.3) is 0 Å². The monoisotopic (exact) mass is 890 g/mol. The first-order chi connectivity index (χ1) is 27.5. The molecule has 0 spiro atoms. The summed E-state index contributed by atoms with van der Waals surface area (Å²) < 4.78 is 40.8. The molecule has 6 rings (SSSR count). The number of hydrogen-bond donors (Lipinski definition) is 1. The molecule has 0 unspecified atom stereocenters. The van der Waals surface area contributed by atoms with Crippen LogP contribution in [0.1, 0.15) is 65.7 Å². The number of ether oxygens (including phenoxy) is 6. The van der Waals surface area contributed by atoms with Gasteiger partial charge in [-0.2, -0.15) is 0 Å². The second-order valence-electron chi connectivity index (χ2n) is 14.0. The highest BCUT2D eigenvalue weighted by molar-refractivity contribution is 14.1. The minimum absolute atomic E-state index is 0.0210. The summed E-state index contributed by atoms with van der Waals surface area (Å²) in [5.41, 5.74) is 5.53. The van der Waals surface area contributed by atoms with E-state index < -0.39 is 30.5 Å². The van der Waals surface area contributed by atoms with Gasteiger partial charge in [-0.05, 0) is 82.7 Å². The Morgan fingerprint density at radius 1 is 0.661 bits per heavy atom. The number of phenolic OH excluding ortho intramolecular Hbond substituents is 1. The molecule has 1 fully saturated rings. The Morgan fingerprint density at radius 3 is 1.80 bits per heavy atom. The van der Waals surface area contributed by atoms with Crippen molar-refractivity contribution >= 4 is 34.2 Å². The molecule has 5 aromatic carbocycles. The van der Waals surface area contributed by atoms with Crippen LogP contribution >= 0.6 is 34.2 Å². The third kappa shape index (κ3) is 12.3. The molecule has 56 heavy (non-hydrogen) atoms. The SMILES string of the molecule is CCOc1ccc(Cc2cc([C@@H]3O[C@H](COCCCCCI)[C@@H](OCc4ccccc4)[C@H](OCc4ccccc4)[C@H]3OCc3ccccc3)c(O)cc2Cl)cc1. The number of aromatic hydroxyl groups is 1. The molecule has 1 saturated heterocycles. The average Bonchev–Trinajstić information content (AvgIpc) is 3.23. The Kier molecular flexibility index (Phi) is 16.9. The van der Waals surface area contributed by atoms with Crippen molar-refractivity contribution in [2.24, 2.45) is 0 Å². The van der Waals surface area contributed by atoms with Gasteiger partial charge in [0.15, 0.2) is 0 Å². The third-order valence-corrected chi connectivity index (χ3v) is 10.9. The minimum Gasteiger partial charge on any atom is -0.508 e. The van der Waals surface area contributed by atoms with Gasteiger partial charge in [-0.25, -0.2) is 0 Å². The lowest BCUT2D eigenvalue weighted by Crippen LogP contribution is -2.58. The fraction of sp³-hybridized carbons (Fsp3) is 0.362. The summed E-state index contributed by atoms with van der Waals surface area (Å²) in [6.07, 6.45) is 0.583. The fourth-order valence-electron chi connectivity index (χ4n) is 6.93. The van der Waals surface area contributed by atoms with Gasteiger partial charge in [0.1, 0.15) is 42.0 Å². The predicted octanol–water partition coefficient (Wildman–Crippen LogP) is 10.9. The zero-order valence-electron chi connectivity index (χ0n) is 31.9. The molecule has 1 aliphatic heterocycles. The number of hydrogen-bond acceptors (Lipinski definition) is 7. The maximum Gasteiger partial charge on any atom is 0.122 e. The summed E-state index contributed by atoms with van der Waals surface area (Å²) in [6.45, 7) is 4.43. The molecule has 9 heteroatoms. The van der Waals surface area contributed by atoms with Gasteiger partial charge in [0, 0.05) is 17.2 Å². The Labute approximate surface area is 350 Å². The molecule has 296 valence electrons. The topological polar surface area (TPSA) is 75.6 Å². The maximum absolute atomic E-state index is 11.7. The first-order valence-electron chi connectivity index (χ1n) is 19.5. The zero-order valence-corrected chi connectivity index (χ0v) is 34.9. The average molecular weight is 891 g/mol. The van der Waals surface area contributed by atoms with E-state index in [4.69, 9.17) is 40.0 Å². The third-order valence-electron chi connectivity index (χ3n) is 9.83. The molecule has 5 aromatic rings. The molecular weight excluding hydrogens is 839 g/mol. The number of rotatable bonds is 21. The second kappa shape index (κ2) is 22.5. The first-order valence-corrected chi connectivity index (χ1v) is 21.4. The van der Waals surface area contributed by atoms with E-state index in [9.17, 15) is 5.11 Å². The van der Waals surface area contributed by atoms with Crippen LogP contribution in [0.3, 0.4) is 0 Å². The van der Waals surface area contributed by atoms with Crippen LogP contribution in [0.4, 0.5) is 0 Å². The van der Waals surface area contributed by atoms with Gasteiger partial charge >= 0.3 is 0 Å². The number of benzene rings is 5. The molecule has 0 saturated carbocycles. The molecule has 7 nitrogen and oxygen atoms in total. The largest absolute Gasteiger partial charge is 0.508 e. The van der Waals surface area contributed by atoms with Crippen molar-refractivity contribution < 1.29 is 33.5 Å². The highest BCUT2D eigenvalue weighted by Crippen LogP contribution is 2.43. The molecule has 0 amide bonds. The van der Waals surface area contributed by atoms with Crippen LogP contribution in [0.15, 0.2) is 127 Å². The van der Waals surface area contributed by atoms with Gasteiger partial charge < -0.3 is 33.5 Å². The molecule has 5 atom stereocenters. The summed E-state index contributed by atoms with van der Waals surface area (Å²) in [6, 6.07) is 41.8. The quantitative estimate of drug-likeness (QED) is 0.0447. The summed E-state index contributed by atoms with van der Waals surface area (Å²) in [4.78, 5) is 0. The van der Waals surface area contributed by atoms with Crippen molar-refractivity contribution in [3.8, 4) is 11.5 Å². The summed E-state index contributed by atoms with van der Waals surface area (Å²) >= 11 is 9.26. The van der Waals surface area contributed by atoms with Crippen molar-refractivity contribution in [3.05, 3.63) is 166 Å². The van der Waals surface area contributed by atoms with Crippen molar-refractivity contribution in [1.29, 1.82) is 0 Å². The Morgan fingerprint density at radius 2 is 1.23 bits per heavy atom. The second-order valence-corrected chi connectivity index (χ2v) is 15.4. The summed E-state index contributed by atoms with van der Waals surface area (Å²) in [5, 5.41) is 12.2. The molecule has 1 heterocycles. The van der Waals surface area contributed by atoms with E-state index in [0.29, 0.717) is 50.0 Å². The lowest BCUT2D eigenvalue weighted by Gasteiger charge is -2.46. The Balaban J connectivity index is 1.38. The van der Waals surface area contributed by atoms with Crippen LogP contribution in [-0.4, -0.2) is 53.8 Å². The van der Waals surface area contributed by atoms with Crippen LogP contribution in [0, 0.1) is 0 Å². The van der Waals surface area contributed by atoms with Gasteiger partial charge in [-0.3, -0.25) is 0 Å². The molecule has 0 aromatic heterocycles. The van der Waals surface area contributed by atoms with E-state index >= 15 is 0 Å². The zero-order chi connectivity index (χ0) is 39.0. The Bertz CT molecular complexity index is 1860. The van der Waals surface area contributed by atoms with Crippen LogP contribution in [0.25, 0.3) is 0 Å². The number of unbranched alkanes of at least 4 members (excludes halogenated alkanes) is 2. The Hall–Kier alpha value is -3.48. The van der Waals surface area contributed by atoms with Crippen molar-refractivity contribution in [2.75, 3.05) is 24.2 Å². The van der Waals surface area contributed by atoms with Crippen LogP contribution in [0.5, 0.6) is 11.5 Å². The highest BCUT2D eigenvalue weighted by atomic mass is 127. The lowest BCUT2D eigenvalue weighted by atomic mass is 9.88. The van der Waals surface area contributed by atoms with E-state index in [-0.39, 0.29) is 12.4 Å². The highest BCUT2D eigenvalue weighted by Gasteiger charge is 2.49. The predicted molar refractivity (Wildman–Crippen MR) is 230 cm³/mol. The van der Waals surface area contributed by atoms with Crippen molar-refractivity contribution in [3.63, 3.8) is 0 Å². The van der Waals surface area contributed by atoms with Gasteiger partial charge in [0.2, 0.25) is 0 Å². The van der Waals surface area contributed by atoms with E-state index in [0.717, 1.165) is 57.3 Å². The summed E-state index contributed by atoms with van der Waals surface area (Å²) in [7, 11) is 0. The maximum atomic E-state index is 11.7. The number of alkyl halides is 1. The van der Waals surface area contributed by atoms with E-state index in [1.165, 1.54) is 0 Å². The minimum atomic E-state index is -0.750. The smallest absolute Gasteiger partial charge is 0.122 e. The molecule has 0 bridgehead atoms. The normalized spacial score (nSPS) is 19.5. The number of phenols is 1. The fourth-order valence-corrected chi connectivity index (χ4v) is 7.69. The van der Waals surface area contributed by atoms with Crippen molar-refractivity contribution in [1.82, 2.24) is 0 Å². The van der Waals surface area contributed by atoms with E-state index in [1.54, 1.807) is 6.07 Å². The van der Waals surface area contributed by atoms with Crippen LogP contribution in [0.2, 0.25) is 5.02 Å².